The number of likely N-dealkylation sites (tertiary alicyclic amines) is 1. The van der Waals surface area contributed by atoms with Crippen LogP contribution < -0.4 is 0 Å². The molecule has 2 atom stereocenters. The van der Waals surface area contributed by atoms with Crippen molar-refractivity contribution in [2.75, 3.05) is 6.54 Å². The van der Waals surface area contributed by atoms with E-state index in [4.69, 9.17) is 11.2 Å². The van der Waals surface area contributed by atoms with Crippen molar-refractivity contribution in [3.63, 3.8) is 0 Å². The Morgan fingerprint density at radius 3 is 2.47 bits per heavy atom. The zero-order chi connectivity index (χ0) is 14.8. The van der Waals surface area contributed by atoms with Crippen molar-refractivity contribution in [2.45, 2.75) is 52.2 Å². The Hall–Kier alpha value is -1.70. The van der Waals surface area contributed by atoms with Crippen molar-refractivity contribution < 1.29 is 19.4 Å². The molecular formula is C14H21NO4. The number of amides is 1. The van der Waals surface area contributed by atoms with E-state index < -0.39 is 29.1 Å². The molecule has 1 N–H and O–H groups in total. The van der Waals surface area contributed by atoms with Gasteiger partial charge < -0.3 is 9.84 Å². The molecule has 1 saturated heterocycles. The van der Waals surface area contributed by atoms with E-state index >= 15 is 0 Å². The van der Waals surface area contributed by atoms with Crippen molar-refractivity contribution in [3.05, 3.63) is 0 Å². The van der Waals surface area contributed by atoms with Crippen LogP contribution in [-0.4, -0.2) is 40.3 Å². The number of hydrogen-bond acceptors (Lipinski definition) is 3. The van der Waals surface area contributed by atoms with Gasteiger partial charge in [0, 0.05) is 6.54 Å². The Morgan fingerprint density at radius 2 is 2.05 bits per heavy atom. The summed E-state index contributed by atoms with van der Waals surface area (Å²) in [4.78, 5) is 24.8. The zero-order valence-corrected chi connectivity index (χ0v) is 11.9. The minimum atomic E-state index is -0.968. The van der Waals surface area contributed by atoms with Gasteiger partial charge >= 0.3 is 12.1 Å². The predicted molar refractivity (Wildman–Crippen MR) is 70.5 cm³/mol. The fraction of sp³-hybridized carbons (Fsp3) is 0.714. The second-order valence-electron chi connectivity index (χ2n) is 6.20. The average Bonchev–Trinajstić information content (AvgIpc) is 2.26. The molecule has 0 radical (unpaired) electrons. The molecule has 1 fully saturated rings. The Labute approximate surface area is 113 Å². The van der Waals surface area contributed by atoms with Gasteiger partial charge in [-0.1, -0.05) is 5.92 Å². The molecule has 1 rings (SSSR count). The average molecular weight is 267 g/mol. The van der Waals surface area contributed by atoms with Crippen LogP contribution in [0.25, 0.3) is 0 Å². The lowest BCUT2D eigenvalue weighted by Gasteiger charge is -2.41. The number of carboxylic acid groups (broad SMARTS) is 1. The highest BCUT2D eigenvalue weighted by Gasteiger charge is 2.44. The van der Waals surface area contributed by atoms with Crippen LogP contribution in [0.1, 0.15) is 40.5 Å². The topological polar surface area (TPSA) is 66.8 Å². The summed E-state index contributed by atoms with van der Waals surface area (Å²) in [6, 6.07) is -0.401. The molecule has 1 amide bonds. The van der Waals surface area contributed by atoms with Crippen LogP contribution in [0.5, 0.6) is 0 Å². The Morgan fingerprint density at radius 1 is 1.47 bits per heavy atom. The quantitative estimate of drug-likeness (QED) is 0.739. The first kappa shape index (κ1) is 15.4. The molecular weight excluding hydrogens is 246 g/mol. The normalized spacial score (nSPS) is 27.5. The maximum Gasteiger partial charge on any atom is 0.411 e. The van der Waals surface area contributed by atoms with Gasteiger partial charge in [-0.3, -0.25) is 9.69 Å². The van der Waals surface area contributed by atoms with E-state index in [0.29, 0.717) is 12.8 Å². The van der Waals surface area contributed by atoms with E-state index in [-0.39, 0.29) is 6.54 Å². The summed E-state index contributed by atoms with van der Waals surface area (Å²) in [5, 5.41) is 9.26. The van der Waals surface area contributed by atoms with E-state index in [1.54, 1.807) is 27.7 Å². The lowest BCUT2D eigenvalue weighted by atomic mass is 9.79. The van der Waals surface area contributed by atoms with Crippen LogP contribution in [0.2, 0.25) is 0 Å². The molecule has 0 saturated carbocycles. The van der Waals surface area contributed by atoms with Crippen molar-refractivity contribution in [1.82, 2.24) is 4.90 Å². The number of rotatable bonds is 1. The summed E-state index contributed by atoms with van der Waals surface area (Å²) in [5.41, 5.74) is -1.60. The number of hydrogen-bond donors (Lipinski definition) is 1. The van der Waals surface area contributed by atoms with Crippen molar-refractivity contribution >= 4 is 12.1 Å². The first-order valence-electron chi connectivity index (χ1n) is 6.28. The third-order valence-corrected chi connectivity index (χ3v) is 3.20. The van der Waals surface area contributed by atoms with Crippen molar-refractivity contribution in [2.24, 2.45) is 5.41 Å². The number of piperidine rings is 1. The highest BCUT2D eigenvalue weighted by molar-refractivity contribution is 5.77. The largest absolute Gasteiger partial charge is 0.481 e. The van der Waals surface area contributed by atoms with Gasteiger partial charge in [0.1, 0.15) is 5.60 Å². The lowest BCUT2D eigenvalue weighted by Crippen LogP contribution is -2.53. The second kappa shape index (κ2) is 5.12. The molecule has 1 heterocycles. The van der Waals surface area contributed by atoms with Gasteiger partial charge in [0.05, 0.1) is 11.5 Å². The molecule has 0 unspecified atom stereocenters. The van der Waals surface area contributed by atoms with Crippen LogP contribution in [0, 0.1) is 17.8 Å². The van der Waals surface area contributed by atoms with E-state index in [1.807, 2.05) is 0 Å². The molecule has 106 valence electrons. The van der Waals surface area contributed by atoms with Gasteiger partial charge in [-0.25, -0.2) is 4.79 Å². The number of nitrogens with zero attached hydrogens (tertiary/aromatic N) is 1. The van der Waals surface area contributed by atoms with Gasteiger partial charge in [-0.15, -0.1) is 6.42 Å². The highest BCUT2D eigenvalue weighted by atomic mass is 16.6. The summed E-state index contributed by atoms with van der Waals surface area (Å²) in [5.74, 6) is 1.61. The van der Waals surface area contributed by atoms with Gasteiger partial charge in [-0.2, -0.15) is 0 Å². The second-order valence-corrected chi connectivity index (χ2v) is 6.20. The standard InChI is InChI=1S/C14H21NO4/c1-6-10-7-8-14(5,11(16)17)9-15(10)12(18)19-13(2,3)4/h1,10H,7-9H2,2-5H3,(H,16,17)/t10-,14+/m1/s1. The van der Waals surface area contributed by atoms with Gasteiger partial charge in [0.25, 0.3) is 0 Å². The number of carbonyl (C=O) groups is 2. The van der Waals surface area contributed by atoms with Crippen LogP contribution in [0.4, 0.5) is 4.79 Å². The molecule has 0 aromatic rings. The van der Waals surface area contributed by atoms with E-state index in [9.17, 15) is 14.7 Å². The van der Waals surface area contributed by atoms with Crippen LogP contribution in [0.15, 0.2) is 0 Å². The van der Waals surface area contributed by atoms with E-state index in [1.165, 1.54) is 4.90 Å². The van der Waals surface area contributed by atoms with Crippen LogP contribution in [-0.2, 0) is 9.53 Å². The minimum absolute atomic E-state index is 0.0755. The Bertz CT molecular complexity index is 418. The SMILES string of the molecule is C#C[C@@H]1CC[C@](C)(C(=O)O)CN1C(=O)OC(C)(C)C. The third-order valence-electron chi connectivity index (χ3n) is 3.20. The molecule has 0 aromatic carbocycles. The number of carbonyl (C=O) groups excluding carboxylic acids is 1. The zero-order valence-electron chi connectivity index (χ0n) is 11.9. The number of aliphatic carboxylic acids is 1. The van der Waals surface area contributed by atoms with Crippen molar-refractivity contribution in [3.8, 4) is 12.3 Å². The molecule has 0 aromatic heterocycles. The van der Waals surface area contributed by atoms with Gasteiger partial charge in [0.15, 0.2) is 0 Å². The highest BCUT2D eigenvalue weighted by Crippen LogP contribution is 2.33. The summed E-state index contributed by atoms with van der Waals surface area (Å²) < 4.78 is 5.28. The summed E-state index contributed by atoms with van der Waals surface area (Å²) >= 11 is 0. The maximum absolute atomic E-state index is 12.1. The minimum Gasteiger partial charge on any atom is -0.481 e. The molecule has 5 nitrogen and oxygen atoms in total. The lowest BCUT2D eigenvalue weighted by molar-refractivity contribution is -0.151. The number of carboxylic acids is 1. The first-order valence-corrected chi connectivity index (χ1v) is 6.28. The number of ether oxygens (including phenoxy) is 1. The predicted octanol–water partition coefficient (Wildman–Crippen LogP) is 2.11. The van der Waals surface area contributed by atoms with Gasteiger partial charge in [0.2, 0.25) is 0 Å². The smallest absolute Gasteiger partial charge is 0.411 e. The molecule has 5 heteroatoms. The van der Waals surface area contributed by atoms with E-state index in [0.717, 1.165) is 0 Å². The van der Waals surface area contributed by atoms with E-state index in [2.05, 4.69) is 5.92 Å². The van der Waals surface area contributed by atoms with Crippen LogP contribution in [0.3, 0.4) is 0 Å². The molecule has 0 bridgehead atoms. The fourth-order valence-electron chi connectivity index (χ4n) is 2.04. The van der Waals surface area contributed by atoms with Crippen LogP contribution >= 0.6 is 0 Å². The fourth-order valence-corrected chi connectivity index (χ4v) is 2.04. The first-order chi connectivity index (χ1) is 8.59. The molecule has 1 aliphatic heterocycles. The molecule has 0 spiro atoms. The molecule has 19 heavy (non-hydrogen) atoms. The Kier molecular flexibility index (Phi) is 4.14. The van der Waals surface area contributed by atoms with Crippen molar-refractivity contribution in [1.29, 1.82) is 0 Å². The van der Waals surface area contributed by atoms with Gasteiger partial charge in [-0.05, 0) is 40.5 Å². The monoisotopic (exact) mass is 267 g/mol. The number of terminal acetylenes is 1. The summed E-state index contributed by atoms with van der Waals surface area (Å²) in [6.45, 7) is 6.98. The molecule has 1 aliphatic rings. The molecule has 0 aliphatic carbocycles. The maximum atomic E-state index is 12.1. The Balaban J connectivity index is 2.91. The summed E-state index contributed by atoms with van der Waals surface area (Å²) in [6.07, 6.45) is 5.79. The summed E-state index contributed by atoms with van der Waals surface area (Å²) in [7, 11) is 0. The third kappa shape index (κ3) is 3.63.